The van der Waals surface area contributed by atoms with Crippen LogP contribution in [0.2, 0.25) is 5.02 Å². The van der Waals surface area contributed by atoms with Crippen LogP contribution in [0.25, 0.3) is 28.0 Å². The van der Waals surface area contributed by atoms with Crippen LogP contribution in [0.15, 0.2) is 36.5 Å². The SMILES string of the molecule is CCCOCCNc1cc(-c2cccc(Cl)c2C(N)=O)c2cnn(C(N)=CC=N)c2n1. The number of carbonyl (C=O) groups excluding carboxylic acids is 1. The molecule has 0 fully saturated rings. The zero-order valence-electron chi connectivity index (χ0n) is 17.1. The molecule has 0 unspecified atom stereocenters. The minimum absolute atomic E-state index is 0.213. The molecule has 10 heteroatoms. The Balaban J connectivity index is 2.16. The largest absolute Gasteiger partial charge is 0.384 e. The fourth-order valence-corrected chi connectivity index (χ4v) is 3.42. The number of halogens is 1. The van der Waals surface area contributed by atoms with E-state index in [2.05, 4.69) is 15.4 Å². The molecular weight excluding hydrogens is 418 g/mol. The molecule has 3 rings (SSSR count). The normalized spacial score (nSPS) is 11.6. The molecular formula is C21H24ClN7O2. The van der Waals surface area contributed by atoms with Crippen molar-refractivity contribution in [2.45, 2.75) is 13.3 Å². The van der Waals surface area contributed by atoms with Gasteiger partial charge in [-0.05, 0) is 35.8 Å². The average molecular weight is 442 g/mol. The molecule has 0 aliphatic rings. The molecule has 6 N–H and O–H groups in total. The summed E-state index contributed by atoms with van der Waals surface area (Å²) in [5.74, 6) is 0.138. The van der Waals surface area contributed by atoms with Gasteiger partial charge in [0.15, 0.2) is 5.65 Å². The monoisotopic (exact) mass is 441 g/mol. The first kappa shape index (κ1) is 22.3. The lowest BCUT2D eigenvalue weighted by molar-refractivity contribution is 0.100. The fourth-order valence-electron chi connectivity index (χ4n) is 3.16. The second-order valence-corrected chi connectivity index (χ2v) is 7.08. The van der Waals surface area contributed by atoms with Crippen molar-refractivity contribution in [3.05, 3.63) is 47.1 Å². The Hall–Kier alpha value is -3.43. The van der Waals surface area contributed by atoms with Gasteiger partial charge in [-0.2, -0.15) is 9.78 Å². The zero-order valence-corrected chi connectivity index (χ0v) is 17.8. The van der Waals surface area contributed by atoms with Gasteiger partial charge in [0.2, 0.25) is 0 Å². The lowest BCUT2D eigenvalue weighted by Gasteiger charge is -2.13. The number of nitrogens with one attached hydrogen (secondary N) is 2. The molecule has 0 aliphatic heterocycles. The molecule has 2 aromatic heterocycles. The Bertz CT molecular complexity index is 1140. The van der Waals surface area contributed by atoms with E-state index >= 15 is 0 Å². The number of aromatic nitrogens is 3. The first-order valence-electron chi connectivity index (χ1n) is 9.73. The van der Waals surface area contributed by atoms with Crippen LogP contribution >= 0.6 is 11.6 Å². The first-order chi connectivity index (χ1) is 15.0. The summed E-state index contributed by atoms with van der Waals surface area (Å²) in [4.78, 5) is 16.8. The summed E-state index contributed by atoms with van der Waals surface area (Å²) in [6.07, 6.45) is 5.01. The third-order valence-electron chi connectivity index (χ3n) is 4.49. The highest BCUT2D eigenvalue weighted by atomic mass is 35.5. The highest BCUT2D eigenvalue weighted by Gasteiger charge is 2.19. The second kappa shape index (κ2) is 10.1. The number of allylic oxidation sites excluding steroid dienone is 1. The van der Waals surface area contributed by atoms with Crippen molar-refractivity contribution < 1.29 is 9.53 Å². The van der Waals surface area contributed by atoms with E-state index < -0.39 is 5.91 Å². The number of carbonyl (C=O) groups is 1. The minimum atomic E-state index is -0.636. The first-order valence-corrected chi connectivity index (χ1v) is 10.1. The van der Waals surface area contributed by atoms with E-state index in [0.29, 0.717) is 47.7 Å². The fraction of sp³-hybridized carbons (Fsp3) is 0.238. The third-order valence-corrected chi connectivity index (χ3v) is 4.81. The van der Waals surface area contributed by atoms with Crippen LogP contribution in [-0.4, -0.2) is 46.6 Å². The number of ether oxygens (including phenoxy) is 1. The number of fused-ring (bicyclic) bond motifs is 1. The molecule has 1 aromatic carbocycles. The molecule has 1 amide bonds. The number of nitrogens with two attached hydrogens (primary N) is 2. The summed E-state index contributed by atoms with van der Waals surface area (Å²) in [7, 11) is 0. The van der Waals surface area contributed by atoms with Crippen LogP contribution in [0.3, 0.4) is 0 Å². The van der Waals surface area contributed by atoms with Gasteiger partial charge < -0.3 is 26.9 Å². The lowest BCUT2D eigenvalue weighted by atomic mass is 9.97. The van der Waals surface area contributed by atoms with Gasteiger partial charge in [0.1, 0.15) is 11.6 Å². The maximum Gasteiger partial charge on any atom is 0.250 e. The summed E-state index contributed by atoms with van der Waals surface area (Å²) >= 11 is 6.27. The number of primary amides is 1. The van der Waals surface area contributed by atoms with Crippen molar-refractivity contribution in [1.29, 1.82) is 5.41 Å². The molecule has 3 aromatic rings. The lowest BCUT2D eigenvalue weighted by Crippen LogP contribution is -2.14. The Morgan fingerprint density at radius 2 is 2.13 bits per heavy atom. The molecule has 162 valence electrons. The maximum atomic E-state index is 12.1. The van der Waals surface area contributed by atoms with Crippen LogP contribution in [0.4, 0.5) is 5.82 Å². The topological polar surface area (TPSA) is 145 Å². The smallest absolute Gasteiger partial charge is 0.250 e. The second-order valence-electron chi connectivity index (χ2n) is 6.67. The van der Waals surface area contributed by atoms with E-state index in [1.807, 2.05) is 13.0 Å². The van der Waals surface area contributed by atoms with E-state index in [9.17, 15) is 4.79 Å². The molecule has 0 atom stereocenters. The molecule has 0 aliphatic carbocycles. The number of pyridine rings is 1. The summed E-state index contributed by atoms with van der Waals surface area (Å²) in [6.45, 7) is 3.78. The Labute approximate surface area is 184 Å². The van der Waals surface area contributed by atoms with Crippen LogP contribution in [-0.2, 0) is 4.74 Å². The quantitative estimate of drug-likeness (QED) is 0.281. The number of hydrogen-bond donors (Lipinski definition) is 4. The molecule has 0 spiro atoms. The molecule has 0 saturated heterocycles. The summed E-state index contributed by atoms with van der Waals surface area (Å²) in [5.41, 5.74) is 13.6. The summed E-state index contributed by atoms with van der Waals surface area (Å²) in [6, 6.07) is 6.93. The van der Waals surface area contributed by atoms with Crippen molar-refractivity contribution in [3.63, 3.8) is 0 Å². The molecule has 9 nitrogen and oxygen atoms in total. The van der Waals surface area contributed by atoms with E-state index in [1.165, 1.54) is 10.8 Å². The van der Waals surface area contributed by atoms with Gasteiger partial charge in [-0.15, -0.1) is 0 Å². The number of benzene rings is 1. The van der Waals surface area contributed by atoms with Crippen LogP contribution in [0, 0.1) is 5.41 Å². The van der Waals surface area contributed by atoms with Crippen molar-refractivity contribution in [3.8, 4) is 11.1 Å². The molecule has 0 saturated carbocycles. The Morgan fingerprint density at radius 1 is 1.32 bits per heavy atom. The van der Waals surface area contributed by atoms with Gasteiger partial charge >= 0.3 is 0 Å². The van der Waals surface area contributed by atoms with Crippen molar-refractivity contribution >= 4 is 46.4 Å². The van der Waals surface area contributed by atoms with E-state index in [-0.39, 0.29) is 16.4 Å². The van der Waals surface area contributed by atoms with Gasteiger partial charge in [-0.25, -0.2) is 4.98 Å². The van der Waals surface area contributed by atoms with E-state index in [0.717, 1.165) is 12.6 Å². The number of nitrogens with zero attached hydrogens (tertiary/aromatic N) is 3. The van der Waals surface area contributed by atoms with Gasteiger partial charge in [-0.1, -0.05) is 30.7 Å². The molecule has 0 radical (unpaired) electrons. The number of rotatable bonds is 10. The standard InChI is InChI=1S/C21H24ClN7O2/c1-2-9-31-10-8-26-18-11-14(13-4-3-5-16(22)19(13)20(25)30)15-12-27-29(21(15)28-18)17(24)6-7-23/h3-7,11-12,23H,2,8-10,24H2,1H3,(H2,25,30)(H,26,28). The van der Waals surface area contributed by atoms with Crippen molar-refractivity contribution in [2.24, 2.45) is 11.5 Å². The average Bonchev–Trinajstić information content (AvgIpc) is 3.17. The van der Waals surface area contributed by atoms with Gasteiger partial charge in [-0.3, -0.25) is 4.79 Å². The van der Waals surface area contributed by atoms with Crippen molar-refractivity contribution in [2.75, 3.05) is 25.1 Å². The Morgan fingerprint density at radius 3 is 2.84 bits per heavy atom. The minimum Gasteiger partial charge on any atom is -0.384 e. The summed E-state index contributed by atoms with van der Waals surface area (Å²) < 4.78 is 6.94. The zero-order chi connectivity index (χ0) is 22.4. The number of hydrogen-bond acceptors (Lipinski definition) is 7. The van der Waals surface area contributed by atoms with Gasteiger partial charge in [0, 0.05) is 24.8 Å². The predicted octanol–water partition coefficient (Wildman–Crippen LogP) is 3.10. The van der Waals surface area contributed by atoms with E-state index in [4.69, 9.17) is 33.2 Å². The number of amides is 1. The molecule has 0 bridgehead atoms. The van der Waals surface area contributed by atoms with E-state index in [1.54, 1.807) is 24.4 Å². The third kappa shape index (κ3) is 4.84. The highest BCUT2D eigenvalue weighted by Crippen LogP contribution is 2.35. The van der Waals surface area contributed by atoms with Gasteiger partial charge in [0.05, 0.1) is 23.4 Å². The Kier molecular flexibility index (Phi) is 7.22. The van der Waals surface area contributed by atoms with Crippen molar-refractivity contribution in [1.82, 2.24) is 14.8 Å². The maximum absolute atomic E-state index is 12.1. The van der Waals surface area contributed by atoms with Gasteiger partial charge in [0.25, 0.3) is 5.91 Å². The van der Waals surface area contributed by atoms with Crippen LogP contribution < -0.4 is 16.8 Å². The van der Waals surface area contributed by atoms with Crippen LogP contribution in [0.5, 0.6) is 0 Å². The number of anilines is 1. The predicted molar refractivity (Wildman–Crippen MR) is 123 cm³/mol. The summed E-state index contributed by atoms with van der Waals surface area (Å²) in [5, 5.41) is 15.7. The molecule has 2 heterocycles. The molecule has 31 heavy (non-hydrogen) atoms. The van der Waals surface area contributed by atoms with Crippen LogP contribution in [0.1, 0.15) is 23.7 Å². The highest BCUT2D eigenvalue weighted by molar-refractivity contribution is 6.34.